The van der Waals surface area contributed by atoms with Gasteiger partial charge in [0.05, 0.1) is 11.3 Å². The number of aromatic carboxylic acids is 1. The number of hydrogen-bond acceptors (Lipinski definition) is 5. The number of ether oxygens (including phenoxy) is 2. The van der Waals surface area contributed by atoms with Crippen LogP contribution in [-0.4, -0.2) is 28.8 Å². The van der Waals surface area contributed by atoms with Gasteiger partial charge in [0.25, 0.3) is 5.91 Å². The van der Waals surface area contributed by atoms with E-state index in [-0.39, 0.29) is 18.1 Å². The number of fused-ring (bicyclic) bond motifs is 1. The fourth-order valence-electron chi connectivity index (χ4n) is 3.42. The highest BCUT2D eigenvalue weighted by Crippen LogP contribution is 2.35. The summed E-state index contributed by atoms with van der Waals surface area (Å²) in [6.07, 6.45) is 0. The maximum absolute atomic E-state index is 13.0. The number of benzene rings is 2. The van der Waals surface area contributed by atoms with E-state index in [9.17, 15) is 14.7 Å². The summed E-state index contributed by atoms with van der Waals surface area (Å²) in [5.41, 5.74) is 4.30. The Balaban J connectivity index is 1.68. The summed E-state index contributed by atoms with van der Waals surface area (Å²) < 4.78 is 10.8. The number of anilines is 1. The van der Waals surface area contributed by atoms with Gasteiger partial charge in [-0.3, -0.25) is 4.79 Å². The molecule has 1 aliphatic rings. The lowest BCUT2D eigenvalue weighted by atomic mass is 10.0. The number of aromatic nitrogens is 1. The van der Waals surface area contributed by atoms with Crippen molar-refractivity contribution in [1.82, 2.24) is 4.98 Å². The van der Waals surface area contributed by atoms with Crippen molar-refractivity contribution in [1.29, 1.82) is 0 Å². The molecule has 0 spiro atoms. The summed E-state index contributed by atoms with van der Waals surface area (Å²) in [7, 11) is 0. The summed E-state index contributed by atoms with van der Waals surface area (Å²) in [5.74, 6) is -0.128. The molecule has 2 N–H and O–H groups in total. The number of carboxylic acid groups (broad SMARTS) is 1. The second kappa shape index (κ2) is 7.51. The van der Waals surface area contributed by atoms with Gasteiger partial charge < -0.3 is 19.9 Å². The van der Waals surface area contributed by atoms with Crippen molar-refractivity contribution in [2.45, 2.75) is 20.8 Å². The van der Waals surface area contributed by atoms with Crippen LogP contribution in [0.2, 0.25) is 0 Å². The summed E-state index contributed by atoms with van der Waals surface area (Å²) in [6, 6.07) is 12.4. The molecule has 1 aliphatic heterocycles. The number of rotatable bonds is 4. The molecule has 0 aliphatic carbocycles. The molecule has 0 saturated heterocycles. The number of nitrogens with zero attached hydrogens (tertiary/aromatic N) is 1. The van der Waals surface area contributed by atoms with E-state index in [1.165, 1.54) is 6.07 Å². The molecule has 1 amide bonds. The SMILES string of the molecule is Cc1ccc(-c2ccc3c(c2)OCO3)nc1C(=O)Nc1c(C)ccc(C(=O)O)c1C. The fourth-order valence-corrected chi connectivity index (χ4v) is 3.42. The van der Waals surface area contributed by atoms with Crippen LogP contribution in [0, 0.1) is 20.8 Å². The first kappa shape index (κ1) is 19.4. The van der Waals surface area contributed by atoms with Crippen molar-refractivity contribution in [3.05, 3.63) is 70.4 Å². The van der Waals surface area contributed by atoms with Crippen LogP contribution >= 0.6 is 0 Å². The number of pyridine rings is 1. The highest BCUT2D eigenvalue weighted by molar-refractivity contribution is 6.06. The molecule has 0 bridgehead atoms. The van der Waals surface area contributed by atoms with Crippen LogP contribution in [0.1, 0.15) is 37.5 Å². The van der Waals surface area contributed by atoms with Gasteiger partial charge in [0.2, 0.25) is 6.79 Å². The van der Waals surface area contributed by atoms with Gasteiger partial charge in [-0.25, -0.2) is 9.78 Å². The summed E-state index contributed by atoms with van der Waals surface area (Å²) in [4.78, 5) is 29.0. The van der Waals surface area contributed by atoms with Crippen LogP contribution < -0.4 is 14.8 Å². The predicted octanol–water partition coefficient (Wildman–Crippen LogP) is 4.35. The fraction of sp³-hybridized carbons (Fsp3) is 0.174. The van der Waals surface area contributed by atoms with Crippen molar-refractivity contribution in [3.63, 3.8) is 0 Å². The maximum Gasteiger partial charge on any atom is 0.336 e. The summed E-state index contributed by atoms with van der Waals surface area (Å²) in [6.45, 7) is 5.48. The lowest BCUT2D eigenvalue weighted by Crippen LogP contribution is -2.18. The third-order valence-corrected chi connectivity index (χ3v) is 5.12. The van der Waals surface area contributed by atoms with Crippen LogP contribution in [-0.2, 0) is 0 Å². The van der Waals surface area contributed by atoms with E-state index in [4.69, 9.17) is 9.47 Å². The van der Waals surface area contributed by atoms with Crippen LogP contribution in [0.15, 0.2) is 42.5 Å². The average Bonchev–Trinajstić information content (AvgIpc) is 3.19. The van der Waals surface area contributed by atoms with E-state index in [1.807, 2.05) is 37.3 Å². The zero-order valence-corrected chi connectivity index (χ0v) is 16.8. The van der Waals surface area contributed by atoms with Crippen LogP contribution in [0.25, 0.3) is 11.3 Å². The first-order chi connectivity index (χ1) is 14.3. The Labute approximate surface area is 173 Å². The molecule has 152 valence electrons. The lowest BCUT2D eigenvalue weighted by Gasteiger charge is -2.15. The summed E-state index contributed by atoms with van der Waals surface area (Å²) >= 11 is 0. The molecule has 0 fully saturated rings. The molecular formula is C23H20N2O5. The van der Waals surface area contributed by atoms with Crippen molar-refractivity contribution in [2.24, 2.45) is 0 Å². The van der Waals surface area contributed by atoms with Gasteiger partial charge in [-0.1, -0.05) is 12.1 Å². The van der Waals surface area contributed by atoms with Crippen molar-refractivity contribution in [3.8, 4) is 22.8 Å². The number of carbonyl (C=O) groups is 2. The van der Waals surface area contributed by atoms with Crippen molar-refractivity contribution >= 4 is 17.6 Å². The zero-order chi connectivity index (χ0) is 21.4. The van der Waals surface area contributed by atoms with E-state index in [1.54, 1.807) is 19.9 Å². The Morgan fingerprint density at radius 1 is 0.967 bits per heavy atom. The van der Waals surface area contributed by atoms with E-state index < -0.39 is 11.9 Å². The van der Waals surface area contributed by atoms with Crippen LogP contribution in [0.4, 0.5) is 5.69 Å². The molecule has 0 unspecified atom stereocenters. The van der Waals surface area contributed by atoms with Gasteiger partial charge in [0.1, 0.15) is 5.69 Å². The minimum atomic E-state index is -1.04. The Morgan fingerprint density at radius 2 is 1.70 bits per heavy atom. The Bertz CT molecular complexity index is 1190. The molecule has 7 heteroatoms. The smallest absolute Gasteiger partial charge is 0.336 e. The molecule has 30 heavy (non-hydrogen) atoms. The normalized spacial score (nSPS) is 12.0. The maximum atomic E-state index is 13.0. The second-order valence-corrected chi connectivity index (χ2v) is 7.12. The van der Waals surface area contributed by atoms with Crippen LogP contribution in [0.5, 0.6) is 11.5 Å². The van der Waals surface area contributed by atoms with Crippen molar-refractivity contribution in [2.75, 3.05) is 12.1 Å². The third-order valence-electron chi connectivity index (χ3n) is 5.12. The van der Waals surface area contributed by atoms with Gasteiger partial charge in [-0.05, 0) is 67.8 Å². The molecule has 2 heterocycles. The van der Waals surface area contributed by atoms with E-state index >= 15 is 0 Å². The molecule has 2 aromatic carbocycles. The minimum Gasteiger partial charge on any atom is -0.478 e. The van der Waals surface area contributed by atoms with Gasteiger partial charge in [0, 0.05) is 11.3 Å². The predicted molar refractivity (Wildman–Crippen MR) is 111 cm³/mol. The zero-order valence-electron chi connectivity index (χ0n) is 16.8. The average molecular weight is 404 g/mol. The van der Waals surface area contributed by atoms with Crippen LogP contribution in [0.3, 0.4) is 0 Å². The monoisotopic (exact) mass is 404 g/mol. The third kappa shape index (κ3) is 3.45. The molecule has 1 aromatic heterocycles. The lowest BCUT2D eigenvalue weighted by molar-refractivity contribution is 0.0695. The van der Waals surface area contributed by atoms with Gasteiger partial charge in [-0.2, -0.15) is 0 Å². The summed E-state index contributed by atoms with van der Waals surface area (Å²) in [5, 5.41) is 12.2. The van der Waals surface area contributed by atoms with Gasteiger partial charge >= 0.3 is 5.97 Å². The number of aryl methyl sites for hydroxylation is 2. The highest BCUT2D eigenvalue weighted by Gasteiger charge is 2.19. The standard InChI is InChI=1S/C23H20N2O5/c1-12-4-7-16(23(27)28)14(3)20(12)25-22(26)21-13(2)5-8-17(24-21)15-6-9-18-19(10-15)30-11-29-18/h4-10H,11H2,1-3H3,(H,25,26)(H,27,28). The quantitative estimate of drug-likeness (QED) is 0.671. The highest BCUT2D eigenvalue weighted by atomic mass is 16.7. The van der Waals surface area contributed by atoms with E-state index in [2.05, 4.69) is 10.3 Å². The molecule has 7 nitrogen and oxygen atoms in total. The van der Waals surface area contributed by atoms with Gasteiger partial charge in [-0.15, -0.1) is 0 Å². The second-order valence-electron chi connectivity index (χ2n) is 7.12. The first-order valence-corrected chi connectivity index (χ1v) is 9.37. The number of carboxylic acids is 1. The molecular weight excluding hydrogens is 384 g/mol. The molecule has 0 radical (unpaired) electrons. The Kier molecular flexibility index (Phi) is 4.87. The van der Waals surface area contributed by atoms with Crippen molar-refractivity contribution < 1.29 is 24.2 Å². The number of nitrogens with one attached hydrogen (secondary N) is 1. The molecule has 4 rings (SSSR count). The number of amides is 1. The number of carbonyl (C=O) groups excluding carboxylic acids is 1. The molecule has 3 aromatic rings. The van der Waals surface area contributed by atoms with E-state index in [0.29, 0.717) is 34.0 Å². The number of hydrogen-bond donors (Lipinski definition) is 2. The topological polar surface area (TPSA) is 97.8 Å². The Hall–Kier alpha value is -3.87. The minimum absolute atomic E-state index is 0.148. The Morgan fingerprint density at radius 3 is 2.47 bits per heavy atom. The largest absolute Gasteiger partial charge is 0.478 e. The first-order valence-electron chi connectivity index (χ1n) is 9.37. The molecule has 0 atom stereocenters. The van der Waals surface area contributed by atoms with E-state index in [0.717, 1.165) is 11.1 Å². The molecule has 0 saturated carbocycles. The van der Waals surface area contributed by atoms with Gasteiger partial charge in [0.15, 0.2) is 11.5 Å².